The van der Waals surface area contributed by atoms with Crippen LogP contribution < -0.4 is 0 Å². The van der Waals surface area contributed by atoms with E-state index in [0.717, 1.165) is 5.92 Å². The third kappa shape index (κ3) is 3.93. The molecule has 13 heavy (non-hydrogen) atoms. The summed E-state index contributed by atoms with van der Waals surface area (Å²) in [5.41, 5.74) is 0. The summed E-state index contributed by atoms with van der Waals surface area (Å²) in [6.45, 7) is 9.11. The summed E-state index contributed by atoms with van der Waals surface area (Å²) in [6.07, 6.45) is 7.72. The first-order valence-corrected chi connectivity index (χ1v) is 6.31. The zero-order chi connectivity index (χ0) is 10.3. The Balaban J connectivity index is 4.16. The SMILES string of the molecule is CCCCC(CC)C(S)(CC)CC. The van der Waals surface area contributed by atoms with Gasteiger partial charge in [-0.1, -0.05) is 47.0 Å². The van der Waals surface area contributed by atoms with Crippen molar-refractivity contribution in [3.63, 3.8) is 0 Å². The van der Waals surface area contributed by atoms with E-state index in [1.165, 1.54) is 38.5 Å². The fraction of sp³-hybridized carbons (Fsp3) is 1.00. The summed E-state index contributed by atoms with van der Waals surface area (Å²) in [5, 5.41) is 0. The largest absolute Gasteiger partial charge is 0.172 e. The van der Waals surface area contributed by atoms with Crippen LogP contribution in [0.3, 0.4) is 0 Å². The zero-order valence-corrected chi connectivity index (χ0v) is 10.7. The smallest absolute Gasteiger partial charge is 0.0152 e. The van der Waals surface area contributed by atoms with Gasteiger partial charge in [-0.25, -0.2) is 0 Å². The molecule has 80 valence electrons. The topological polar surface area (TPSA) is 0 Å². The van der Waals surface area contributed by atoms with Gasteiger partial charge in [0, 0.05) is 4.75 Å². The van der Waals surface area contributed by atoms with Gasteiger partial charge in [0.15, 0.2) is 0 Å². The molecule has 0 spiro atoms. The van der Waals surface area contributed by atoms with Crippen LogP contribution in [0.2, 0.25) is 0 Å². The molecule has 1 unspecified atom stereocenters. The summed E-state index contributed by atoms with van der Waals surface area (Å²) < 4.78 is 0.296. The van der Waals surface area contributed by atoms with Crippen molar-refractivity contribution >= 4 is 12.6 Å². The number of hydrogen-bond donors (Lipinski definition) is 1. The molecule has 0 amide bonds. The number of thiol groups is 1. The maximum atomic E-state index is 4.87. The third-order valence-electron chi connectivity index (χ3n) is 3.38. The van der Waals surface area contributed by atoms with E-state index in [1.807, 2.05) is 0 Å². The van der Waals surface area contributed by atoms with Crippen LogP contribution in [0, 0.1) is 5.92 Å². The van der Waals surface area contributed by atoms with Crippen molar-refractivity contribution in [3.05, 3.63) is 0 Å². The minimum Gasteiger partial charge on any atom is -0.172 e. The minimum absolute atomic E-state index is 0.296. The lowest BCUT2D eigenvalue weighted by Crippen LogP contribution is -2.30. The molecule has 1 atom stereocenters. The van der Waals surface area contributed by atoms with Crippen LogP contribution in [0.5, 0.6) is 0 Å². The molecule has 0 saturated heterocycles. The standard InChI is InChI=1S/C12H26S/c1-5-9-10-11(6-2)12(13,7-3)8-4/h11,13H,5-10H2,1-4H3. The number of unbranched alkanes of at least 4 members (excludes halogenated alkanes) is 1. The lowest BCUT2D eigenvalue weighted by atomic mass is 9.81. The van der Waals surface area contributed by atoms with Crippen LogP contribution >= 0.6 is 12.6 Å². The van der Waals surface area contributed by atoms with Gasteiger partial charge in [0.1, 0.15) is 0 Å². The monoisotopic (exact) mass is 202 g/mol. The Bertz CT molecular complexity index is 116. The highest BCUT2D eigenvalue weighted by molar-refractivity contribution is 7.81. The zero-order valence-electron chi connectivity index (χ0n) is 9.77. The molecule has 0 fully saturated rings. The lowest BCUT2D eigenvalue weighted by molar-refractivity contribution is 0.320. The van der Waals surface area contributed by atoms with Crippen molar-refractivity contribution < 1.29 is 0 Å². The van der Waals surface area contributed by atoms with Crippen molar-refractivity contribution in [2.75, 3.05) is 0 Å². The molecule has 0 aliphatic rings. The molecular weight excluding hydrogens is 176 g/mol. The van der Waals surface area contributed by atoms with Gasteiger partial charge in [-0.2, -0.15) is 12.6 Å². The summed E-state index contributed by atoms with van der Waals surface area (Å²) in [4.78, 5) is 0. The Hall–Kier alpha value is 0.350. The Labute approximate surface area is 89.9 Å². The molecule has 0 aliphatic heterocycles. The van der Waals surface area contributed by atoms with Crippen molar-refractivity contribution in [1.82, 2.24) is 0 Å². The molecule has 0 bridgehead atoms. The van der Waals surface area contributed by atoms with Gasteiger partial charge in [-0.15, -0.1) is 0 Å². The molecule has 0 radical (unpaired) electrons. The number of hydrogen-bond acceptors (Lipinski definition) is 1. The molecule has 0 nitrogen and oxygen atoms in total. The Kier molecular flexibility index (Phi) is 6.93. The van der Waals surface area contributed by atoms with Crippen molar-refractivity contribution in [1.29, 1.82) is 0 Å². The van der Waals surface area contributed by atoms with Crippen molar-refractivity contribution in [2.24, 2.45) is 5.92 Å². The quantitative estimate of drug-likeness (QED) is 0.569. The average molecular weight is 202 g/mol. The molecule has 0 heterocycles. The first-order chi connectivity index (χ1) is 6.14. The Morgan fingerprint density at radius 1 is 1.08 bits per heavy atom. The van der Waals surface area contributed by atoms with Gasteiger partial charge in [0.2, 0.25) is 0 Å². The highest BCUT2D eigenvalue weighted by Gasteiger charge is 2.29. The second-order valence-electron chi connectivity index (χ2n) is 4.06. The first kappa shape index (κ1) is 13.4. The number of rotatable bonds is 7. The third-order valence-corrected chi connectivity index (χ3v) is 4.38. The van der Waals surface area contributed by atoms with Crippen molar-refractivity contribution in [3.8, 4) is 0 Å². The van der Waals surface area contributed by atoms with Gasteiger partial charge >= 0.3 is 0 Å². The van der Waals surface area contributed by atoms with E-state index in [-0.39, 0.29) is 0 Å². The van der Waals surface area contributed by atoms with Crippen molar-refractivity contribution in [2.45, 2.75) is 71.0 Å². The lowest BCUT2D eigenvalue weighted by Gasteiger charge is -2.35. The van der Waals surface area contributed by atoms with Crippen LogP contribution in [0.15, 0.2) is 0 Å². The van der Waals surface area contributed by atoms with Crippen LogP contribution in [0.4, 0.5) is 0 Å². The van der Waals surface area contributed by atoms with Gasteiger partial charge in [-0.05, 0) is 25.2 Å². The second-order valence-corrected chi connectivity index (χ2v) is 4.95. The molecule has 0 aromatic heterocycles. The first-order valence-electron chi connectivity index (χ1n) is 5.86. The van der Waals surface area contributed by atoms with E-state index < -0.39 is 0 Å². The van der Waals surface area contributed by atoms with Crippen LogP contribution in [0.25, 0.3) is 0 Å². The highest BCUT2D eigenvalue weighted by atomic mass is 32.1. The summed E-state index contributed by atoms with van der Waals surface area (Å²) in [6, 6.07) is 0. The Morgan fingerprint density at radius 2 is 1.62 bits per heavy atom. The predicted molar refractivity (Wildman–Crippen MR) is 65.6 cm³/mol. The molecule has 0 rings (SSSR count). The molecule has 0 N–H and O–H groups in total. The molecular formula is C12H26S. The van der Waals surface area contributed by atoms with Gasteiger partial charge < -0.3 is 0 Å². The second kappa shape index (κ2) is 6.75. The summed E-state index contributed by atoms with van der Waals surface area (Å²) >= 11 is 4.87. The highest BCUT2D eigenvalue weighted by Crippen LogP contribution is 2.37. The minimum atomic E-state index is 0.296. The van der Waals surface area contributed by atoms with Crippen LogP contribution in [0.1, 0.15) is 66.2 Å². The normalized spacial score (nSPS) is 14.5. The average Bonchev–Trinajstić information content (AvgIpc) is 2.18. The molecule has 0 aliphatic carbocycles. The predicted octanol–water partition coefficient (Wildman–Crippen LogP) is 4.69. The summed E-state index contributed by atoms with van der Waals surface area (Å²) in [7, 11) is 0. The van der Waals surface area contributed by atoms with Gasteiger partial charge in [0.05, 0.1) is 0 Å². The van der Waals surface area contributed by atoms with Gasteiger partial charge in [0.25, 0.3) is 0 Å². The molecule has 1 heteroatoms. The Morgan fingerprint density at radius 3 is 1.92 bits per heavy atom. The van der Waals surface area contributed by atoms with E-state index in [0.29, 0.717) is 4.75 Å². The maximum absolute atomic E-state index is 4.87. The van der Waals surface area contributed by atoms with E-state index in [2.05, 4.69) is 27.7 Å². The van der Waals surface area contributed by atoms with Crippen LogP contribution in [-0.4, -0.2) is 4.75 Å². The molecule has 0 aromatic carbocycles. The summed E-state index contributed by atoms with van der Waals surface area (Å²) in [5.74, 6) is 0.811. The van der Waals surface area contributed by atoms with E-state index in [1.54, 1.807) is 0 Å². The van der Waals surface area contributed by atoms with Crippen LogP contribution in [-0.2, 0) is 0 Å². The molecule has 0 aromatic rings. The fourth-order valence-corrected chi connectivity index (χ4v) is 2.44. The van der Waals surface area contributed by atoms with E-state index >= 15 is 0 Å². The van der Waals surface area contributed by atoms with E-state index in [9.17, 15) is 0 Å². The van der Waals surface area contributed by atoms with Gasteiger partial charge in [-0.3, -0.25) is 0 Å². The molecule has 0 saturated carbocycles. The fourth-order valence-electron chi connectivity index (χ4n) is 2.13. The van der Waals surface area contributed by atoms with E-state index in [4.69, 9.17) is 12.6 Å². The maximum Gasteiger partial charge on any atom is 0.0152 e.